The van der Waals surface area contributed by atoms with Crippen LogP contribution in [0.25, 0.3) is 0 Å². The Balaban J connectivity index is 2.47. The van der Waals surface area contributed by atoms with Crippen LogP contribution in [0, 0.1) is 5.92 Å². The van der Waals surface area contributed by atoms with Crippen LogP contribution in [0.5, 0.6) is 0 Å². The van der Waals surface area contributed by atoms with Gasteiger partial charge in [-0.3, -0.25) is 0 Å². The number of rotatable bonds is 2. The summed E-state index contributed by atoms with van der Waals surface area (Å²) in [6.07, 6.45) is 1.80. The molecule has 0 aliphatic carbocycles. The second-order valence-corrected chi connectivity index (χ2v) is 5.31. The minimum Gasteiger partial charge on any atom is -0.384 e. The van der Waals surface area contributed by atoms with Crippen molar-refractivity contribution in [1.82, 2.24) is 0 Å². The van der Waals surface area contributed by atoms with Crippen molar-refractivity contribution in [1.29, 1.82) is 0 Å². The zero-order valence-corrected chi connectivity index (χ0v) is 7.56. The van der Waals surface area contributed by atoms with Gasteiger partial charge in [-0.05, 0) is 18.8 Å². The van der Waals surface area contributed by atoms with Crippen LogP contribution in [0.2, 0.25) is 0 Å². The van der Waals surface area contributed by atoms with Gasteiger partial charge in [0.05, 0.1) is 11.5 Å². The maximum Gasteiger partial charge on any atom is 0.150 e. The Morgan fingerprint density at radius 3 is 2.82 bits per heavy atom. The van der Waals surface area contributed by atoms with Crippen molar-refractivity contribution in [2.24, 2.45) is 5.92 Å². The lowest BCUT2D eigenvalue weighted by Crippen LogP contribution is -2.27. The van der Waals surface area contributed by atoms with Crippen molar-refractivity contribution in [2.75, 3.05) is 25.2 Å². The van der Waals surface area contributed by atoms with E-state index >= 15 is 0 Å². The number of ether oxygens (including phenoxy) is 1. The third kappa shape index (κ3) is 2.79. The Labute approximate surface area is 67.7 Å². The van der Waals surface area contributed by atoms with Gasteiger partial charge in [-0.2, -0.15) is 0 Å². The van der Waals surface area contributed by atoms with Crippen molar-refractivity contribution in [2.45, 2.75) is 12.8 Å². The zero-order valence-electron chi connectivity index (χ0n) is 6.75. The maximum absolute atomic E-state index is 11.1. The maximum atomic E-state index is 11.1. The topological polar surface area (TPSA) is 43.4 Å². The summed E-state index contributed by atoms with van der Waals surface area (Å²) in [4.78, 5) is 0. The van der Waals surface area contributed by atoms with Gasteiger partial charge < -0.3 is 4.74 Å². The van der Waals surface area contributed by atoms with Crippen molar-refractivity contribution >= 4 is 9.84 Å². The molecule has 1 atom stereocenters. The average Bonchev–Trinajstić information content (AvgIpc) is 1.85. The molecule has 0 saturated carbocycles. The lowest BCUT2D eigenvalue weighted by atomic mass is 10.1. The van der Waals surface area contributed by atoms with Crippen LogP contribution < -0.4 is 0 Å². The summed E-state index contributed by atoms with van der Waals surface area (Å²) in [5, 5.41) is 0. The van der Waals surface area contributed by atoms with E-state index in [4.69, 9.17) is 4.74 Å². The Kier molecular flexibility index (Phi) is 2.90. The molecule has 0 radical (unpaired) electrons. The summed E-state index contributed by atoms with van der Waals surface area (Å²) >= 11 is 0. The van der Waals surface area contributed by atoms with Crippen LogP contribution >= 0.6 is 0 Å². The van der Waals surface area contributed by atoms with Gasteiger partial charge in [0.1, 0.15) is 0 Å². The molecule has 1 heterocycles. The monoisotopic (exact) mass is 178 g/mol. The predicted molar refractivity (Wildman–Crippen MR) is 43.3 cm³/mol. The van der Waals surface area contributed by atoms with Gasteiger partial charge in [-0.1, -0.05) is 0 Å². The molecule has 1 unspecified atom stereocenters. The fourth-order valence-corrected chi connectivity index (χ4v) is 3.24. The largest absolute Gasteiger partial charge is 0.384 e. The number of hydrogen-bond donors (Lipinski definition) is 0. The molecular weight excluding hydrogens is 164 g/mol. The number of methoxy groups -OCH3 is 1. The van der Waals surface area contributed by atoms with E-state index in [1.54, 1.807) is 7.11 Å². The van der Waals surface area contributed by atoms with Crippen molar-refractivity contribution < 1.29 is 13.2 Å². The lowest BCUT2D eigenvalue weighted by molar-refractivity contribution is 0.154. The second kappa shape index (κ2) is 3.54. The molecule has 1 rings (SSSR count). The number of sulfone groups is 1. The summed E-state index contributed by atoms with van der Waals surface area (Å²) in [5.41, 5.74) is 0. The summed E-state index contributed by atoms with van der Waals surface area (Å²) < 4.78 is 27.1. The van der Waals surface area contributed by atoms with Crippen LogP contribution in [0.4, 0.5) is 0 Å². The van der Waals surface area contributed by atoms with Crippen LogP contribution in [0.1, 0.15) is 12.8 Å². The van der Waals surface area contributed by atoms with Crippen LogP contribution in [0.15, 0.2) is 0 Å². The predicted octanol–water partition coefficient (Wildman–Crippen LogP) is 0.458. The van der Waals surface area contributed by atoms with Gasteiger partial charge in [-0.25, -0.2) is 8.42 Å². The smallest absolute Gasteiger partial charge is 0.150 e. The molecule has 0 amide bonds. The normalized spacial score (nSPS) is 30.1. The molecule has 0 aromatic rings. The third-order valence-corrected chi connectivity index (χ3v) is 3.85. The SMILES string of the molecule is COCC1CCCS(=O)(=O)C1. The first kappa shape index (κ1) is 9.00. The van der Waals surface area contributed by atoms with E-state index in [9.17, 15) is 8.42 Å². The van der Waals surface area contributed by atoms with Crippen LogP contribution in [-0.4, -0.2) is 33.6 Å². The molecule has 0 bridgehead atoms. The average molecular weight is 178 g/mol. The molecule has 3 nitrogen and oxygen atoms in total. The van der Waals surface area contributed by atoms with Crippen LogP contribution in [-0.2, 0) is 14.6 Å². The first-order chi connectivity index (χ1) is 5.14. The molecule has 0 spiro atoms. The Bertz CT molecular complexity index is 206. The first-order valence-corrected chi connectivity index (χ1v) is 5.65. The van der Waals surface area contributed by atoms with Crippen molar-refractivity contribution in [3.8, 4) is 0 Å². The fraction of sp³-hybridized carbons (Fsp3) is 1.00. The minimum atomic E-state index is -2.73. The van der Waals surface area contributed by atoms with E-state index in [1.807, 2.05) is 0 Å². The van der Waals surface area contributed by atoms with Gasteiger partial charge in [0.25, 0.3) is 0 Å². The van der Waals surface area contributed by atoms with E-state index in [2.05, 4.69) is 0 Å². The third-order valence-electron chi connectivity index (χ3n) is 1.96. The summed E-state index contributed by atoms with van der Waals surface area (Å²) in [7, 11) is -1.12. The molecule has 0 N–H and O–H groups in total. The van der Waals surface area contributed by atoms with Gasteiger partial charge >= 0.3 is 0 Å². The summed E-state index contributed by atoms with van der Waals surface area (Å²) in [6.45, 7) is 0.583. The molecule has 0 aromatic heterocycles. The van der Waals surface area contributed by atoms with E-state index in [0.717, 1.165) is 12.8 Å². The zero-order chi connectivity index (χ0) is 8.32. The van der Waals surface area contributed by atoms with E-state index in [1.165, 1.54) is 0 Å². The highest BCUT2D eigenvalue weighted by Gasteiger charge is 2.24. The highest BCUT2D eigenvalue weighted by atomic mass is 32.2. The summed E-state index contributed by atoms with van der Waals surface area (Å²) in [5.74, 6) is 0.923. The van der Waals surface area contributed by atoms with Crippen LogP contribution in [0.3, 0.4) is 0 Å². The molecule has 4 heteroatoms. The van der Waals surface area contributed by atoms with Crippen molar-refractivity contribution in [3.63, 3.8) is 0 Å². The molecule has 11 heavy (non-hydrogen) atoms. The van der Waals surface area contributed by atoms with Gasteiger partial charge in [0.2, 0.25) is 0 Å². The van der Waals surface area contributed by atoms with Crippen molar-refractivity contribution in [3.05, 3.63) is 0 Å². The minimum absolute atomic E-state index is 0.235. The lowest BCUT2D eigenvalue weighted by Gasteiger charge is -2.20. The van der Waals surface area contributed by atoms with E-state index in [-0.39, 0.29) is 5.92 Å². The Hall–Kier alpha value is -0.0900. The second-order valence-electron chi connectivity index (χ2n) is 3.08. The molecule has 66 valence electrons. The fourth-order valence-electron chi connectivity index (χ4n) is 1.48. The Morgan fingerprint density at radius 2 is 2.27 bits per heavy atom. The molecular formula is C7H14O3S. The quantitative estimate of drug-likeness (QED) is 0.617. The standard InChI is InChI=1S/C7H14O3S/c1-10-5-7-3-2-4-11(8,9)6-7/h7H,2-6H2,1H3. The molecule has 1 aliphatic rings. The van der Waals surface area contributed by atoms with E-state index < -0.39 is 9.84 Å². The first-order valence-electron chi connectivity index (χ1n) is 3.83. The van der Waals surface area contributed by atoms with Gasteiger partial charge in [0, 0.05) is 13.7 Å². The molecule has 1 fully saturated rings. The summed E-state index contributed by atoms with van der Waals surface area (Å²) in [6, 6.07) is 0. The molecule has 1 aliphatic heterocycles. The number of hydrogen-bond acceptors (Lipinski definition) is 3. The van der Waals surface area contributed by atoms with E-state index in [0.29, 0.717) is 18.1 Å². The van der Waals surface area contributed by atoms with Gasteiger partial charge in [0.15, 0.2) is 9.84 Å². The Morgan fingerprint density at radius 1 is 1.55 bits per heavy atom. The highest BCUT2D eigenvalue weighted by Crippen LogP contribution is 2.17. The van der Waals surface area contributed by atoms with Gasteiger partial charge in [-0.15, -0.1) is 0 Å². The molecule has 1 saturated heterocycles. The highest BCUT2D eigenvalue weighted by molar-refractivity contribution is 7.91. The molecule has 0 aromatic carbocycles.